The maximum atomic E-state index is 11.8. The summed E-state index contributed by atoms with van der Waals surface area (Å²) in [7, 11) is 0. The summed E-state index contributed by atoms with van der Waals surface area (Å²) in [6.45, 7) is 2.15. The van der Waals surface area contributed by atoms with Crippen molar-refractivity contribution in [2.24, 2.45) is 5.73 Å². The Labute approximate surface area is 94.7 Å². The van der Waals surface area contributed by atoms with Crippen molar-refractivity contribution in [1.82, 2.24) is 10.3 Å². The van der Waals surface area contributed by atoms with Crippen molar-refractivity contribution in [1.29, 1.82) is 0 Å². The third-order valence-corrected chi connectivity index (χ3v) is 2.34. The van der Waals surface area contributed by atoms with Gasteiger partial charge in [-0.1, -0.05) is 6.92 Å². The van der Waals surface area contributed by atoms with Crippen LogP contribution in [-0.2, 0) is 6.54 Å². The number of carbonyl (C=O) groups excluding carboxylic acids is 1. The van der Waals surface area contributed by atoms with Crippen LogP contribution in [0, 0.1) is 0 Å². The molecule has 0 aliphatic heterocycles. The van der Waals surface area contributed by atoms with Gasteiger partial charge in [0.05, 0.1) is 18.3 Å². The van der Waals surface area contributed by atoms with Crippen LogP contribution >= 0.6 is 0 Å². The highest BCUT2D eigenvalue weighted by Crippen LogP contribution is 2.02. The molecule has 1 aromatic rings. The minimum atomic E-state index is -0.210. The second kappa shape index (κ2) is 6.19. The molecular weight excluding hydrogens is 206 g/mol. The first-order valence-electron chi connectivity index (χ1n) is 5.28. The molecule has 0 fully saturated rings. The van der Waals surface area contributed by atoms with Gasteiger partial charge in [-0.25, -0.2) is 0 Å². The number of aliphatic hydroxyl groups is 1. The SMILES string of the molecule is CC[C@@H](CO)NC(=O)c1ccnc(CN)c1. The van der Waals surface area contributed by atoms with E-state index in [-0.39, 0.29) is 18.6 Å². The highest BCUT2D eigenvalue weighted by molar-refractivity contribution is 5.94. The number of aromatic nitrogens is 1. The van der Waals surface area contributed by atoms with E-state index in [4.69, 9.17) is 10.8 Å². The maximum Gasteiger partial charge on any atom is 0.251 e. The van der Waals surface area contributed by atoms with E-state index in [1.165, 1.54) is 0 Å². The molecule has 0 saturated carbocycles. The Morgan fingerprint density at radius 1 is 1.69 bits per heavy atom. The first-order valence-corrected chi connectivity index (χ1v) is 5.28. The molecule has 0 bridgehead atoms. The fourth-order valence-electron chi connectivity index (χ4n) is 1.28. The molecule has 0 unspecified atom stereocenters. The lowest BCUT2D eigenvalue weighted by atomic mass is 10.2. The number of hydrogen-bond donors (Lipinski definition) is 3. The molecule has 0 aromatic carbocycles. The number of nitrogens with zero attached hydrogens (tertiary/aromatic N) is 1. The topological polar surface area (TPSA) is 88.2 Å². The molecule has 16 heavy (non-hydrogen) atoms. The number of pyridine rings is 1. The molecule has 0 spiro atoms. The Morgan fingerprint density at radius 3 is 3.00 bits per heavy atom. The first-order chi connectivity index (χ1) is 7.71. The van der Waals surface area contributed by atoms with Crippen LogP contribution in [0.3, 0.4) is 0 Å². The number of nitrogens with two attached hydrogens (primary N) is 1. The predicted octanol–water partition coefficient (Wildman–Crippen LogP) is 0.0410. The molecule has 0 aliphatic carbocycles. The maximum absolute atomic E-state index is 11.8. The van der Waals surface area contributed by atoms with E-state index in [1.807, 2.05) is 6.92 Å². The van der Waals surface area contributed by atoms with Crippen LogP contribution in [0.2, 0.25) is 0 Å². The molecule has 0 radical (unpaired) electrons. The number of amides is 1. The van der Waals surface area contributed by atoms with Gasteiger partial charge >= 0.3 is 0 Å². The van der Waals surface area contributed by atoms with Crippen molar-refractivity contribution in [3.05, 3.63) is 29.6 Å². The molecular formula is C11H17N3O2. The quantitative estimate of drug-likeness (QED) is 0.657. The minimum Gasteiger partial charge on any atom is -0.394 e. The molecule has 1 rings (SSSR count). The summed E-state index contributed by atoms with van der Waals surface area (Å²) in [5.41, 5.74) is 6.63. The van der Waals surface area contributed by atoms with Gasteiger partial charge in [-0.3, -0.25) is 9.78 Å². The van der Waals surface area contributed by atoms with Gasteiger partial charge in [0.1, 0.15) is 0 Å². The van der Waals surface area contributed by atoms with Crippen LogP contribution < -0.4 is 11.1 Å². The Balaban J connectivity index is 2.72. The average Bonchev–Trinajstić information content (AvgIpc) is 2.35. The number of hydrogen-bond acceptors (Lipinski definition) is 4. The third kappa shape index (κ3) is 3.29. The summed E-state index contributed by atoms with van der Waals surface area (Å²) in [5, 5.41) is 11.7. The zero-order valence-corrected chi connectivity index (χ0v) is 9.31. The monoisotopic (exact) mass is 223 g/mol. The fraction of sp³-hybridized carbons (Fsp3) is 0.455. The largest absolute Gasteiger partial charge is 0.394 e. The van der Waals surface area contributed by atoms with Crippen molar-refractivity contribution in [2.45, 2.75) is 25.9 Å². The fourth-order valence-corrected chi connectivity index (χ4v) is 1.28. The van der Waals surface area contributed by atoms with E-state index in [2.05, 4.69) is 10.3 Å². The summed E-state index contributed by atoms with van der Waals surface area (Å²) in [5.74, 6) is -0.210. The second-order valence-corrected chi connectivity index (χ2v) is 3.50. The van der Waals surface area contributed by atoms with Gasteiger partial charge in [-0.15, -0.1) is 0 Å². The van der Waals surface area contributed by atoms with Gasteiger partial charge in [0.2, 0.25) is 0 Å². The minimum absolute atomic E-state index is 0.0585. The highest BCUT2D eigenvalue weighted by atomic mass is 16.3. The summed E-state index contributed by atoms with van der Waals surface area (Å²) in [6, 6.07) is 3.07. The number of carbonyl (C=O) groups is 1. The molecule has 1 aromatic heterocycles. The van der Waals surface area contributed by atoms with Crippen LogP contribution in [-0.4, -0.2) is 28.6 Å². The summed E-state index contributed by atoms with van der Waals surface area (Å²) >= 11 is 0. The standard InChI is InChI=1S/C11H17N3O2/c1-2-9(7-15)14-11(16)8-3-4-13-10(5-8)6-12/h3-5,9,15H,2,6-7,12H2,1H3,(H,14,16)/t9-/m0/s1. The van der Waals surface area contributed by atoms with E-state index in [0.717, 1.165) is 0 Å². The Bertz CT molecular complexity index is 351. The molecule has 4 N–H and O–H groups in total. The molecule has 5 nitrogen and oxygen atoms in total. The Morgan fingerprint density at radius 2 is 2.44 bits per heavy atom. The van der Waals surface area contributed by atoms with Gasteiger partial charge in [0.25, 0.3) is 5.91 Å². The van der Waals surface area contributed by atoms with Crippen molar-refractivity contribution in [3.63, 3.8) is 0 Å². The predicted molar refractivity (Wildman–Crippen MR) is 60.8 cm³/mol. The summed E-state index contributed by atoms with van der Waals surface area (Å²) < 4.78 is 0. The Hall–Kier alpha value is -1.46. The van der Waals surface area contributed by atoms with Crippen LogP contribution in [0.1, 0.15) is 29.4 Å². The zero-order valence-electron chi connectivity index (χ0n) is 9.31. The van der Waals surface area contributed by atoms with Gasteiger partial charge < -0.3 is 16.2 Å². The van der Waals surface area contributed by atoms with Gasteiger partial charge in [0, 0.05) is 18.3 Å². The second-order valence-electron chi connectivity index (χ2n) is 3.50. The Kier molecular flexibility index (Phi) is 4.88. The smallest absolute Gasteiger partial charge is 0.251 e. The van der Waals surface area contributed by atoms with Crippen LogP contribution in [0.25, 0.3) is 0 Å². The lowest BCUT2D eigenvalue weighted by Gasteiger charge is -2.14. The summed E-state index contributed by atoms with van der Waals surface area (Å²) in [4.78, 5) is 15.8. The number of rotatable bonds is 5. The van der Waals surface area contributed by atoms with E-state index in [1.54, 1.807) is 18.3 Å². The first kappa shape index (κ1) is 12.6. The number of aliphatic hydroxyl groups excluding tert-OH is 1. The number of nitrogens with one attached hydrogen (secondary N) is 1. The van der Waals surface area contributed by atoms with Crippen LogP contribution in [0.15, 0.2) is 18.3 Å². The molecule has 88 valence electrons. The lowest BCUT2D eigenvalue weighted by molar-refractivity contribution is 0.0914. The van der Waals surface area contributed by atoms with Crippen LogP contribution in [0.5, 0.6) is 0 Å². The van der Waals surface area contributed by atoms with Gasteiger partial charge in [-0.05, 0) is 18.6 Å². The zero-order chi connectivity index (χ0) is 12.0. The van der Waals surface area contributed by atoms with E-state index in [0.29, 0.717) is 24.2 Å². The van der Waals surface area contributed by atoms with Crippen molar-refractivity contribution in [2.75, 3.05) is 6.61 Å². The van der Waals surface area contributed by atoms with Crippen LogP contribution in [0.4, 0.5) is 0 Å². The molecule has 1 amide bonds. The molecule has 1 heterocycles. The highest BCUT2D eigenvalue weighted by Gasteiger charge is 2.11. The third-order valence-electron chi connectivity index (χ3n) is 2.34. The molecule has 1 atom stereocenters. The van der Waals surface area contributed by atoms with Crippen molar-refractivity contribution < 1.29 is 9.90 Å². The molecule has 0 saturated heterocycles. The summed E-state index contributed by atoms with van der Waals surface area (Å²) in [6.07, 6.45) is 2.24. The van der Waals surface area contributed by atoms with Gasteiger partial charge in [0.15, 0.2) is 0 Å². The van der Waals surface area contributed by atoms with E-state index < -0.39 is 0 Å². The lowest BCUT2D eigenvalue weighted by Crippen LogP contribution is -2.37. The van der Waals surface area contributed by atoms with Crippen molar-refractivity contribution in [3.8, 4) is 0 Å². The van der Waals surface area contributed by atoms with Crippen molar-refractivity contribution >= 4 is 5.91 Å². The molecule has 0 aliphatic rings. The van der Waals surface area contributed by atoms with E-state index in [9.17, 15) is 4.79 Å². The average molecular weight is 223 g/mol. The normalized spacial score (nSPS) is 12.2. The van der Waals surface area contributed by atoms with E-state index >= 15 is 0 Å². The molecule has 5 heteroatoms. The van der Waals surface area contributed by atoms with Gasteiger partial charge in [-0.2, -0.15) is 0 Å².